The maximum atomic E-state index is 11.8. The number of hydrogen-bond acceptors (Lipinski definition) is 4. The third-order valence-corrected chi connectivity index (χ3v) is 4.61. The lowest BCUT2D eigenvalue weighted by molar-refractivity contribution is -0.148. The molecule has 0 aromatic heterocycles. The minimum absolute atomic E-state index is 0.179. The fraction of sp³-hybridized carbons (Fsp3) is 0.933. The van der Waals surface area contributed by atoms with Crippen LogP contribution in [0, 0.1) is 11.3 Å². The minimum Gasteiger partial charge on any atom is -0.468 e. The van der Waals surface area contributed by atoms with E-state index in [-0.39, 0.29) is 5.97 Å². The highest BCUT2D eigenvalue weighted by molar-refractivity contribution is 5.80. The van der Waals surface area contributed by atoms with Gasteiger partial charge in [-0.25, -0.2) is 0 Å². The van der Waals surface area contributed by atoms with E-state index in [1.54, 1.807) is 0 Å². The summed E-state index contributed by atoms with van der Waals surface area (Å²) < 4.78 is 4.88. The molecule has 19 heavy (non-hydrogen) atoms. The van der Waals surface area contributed by atoms with Gasteiger partial charge in [0.05, 0.1) is 7.11 Å². The van der Waals surface area contributed by atoms with Crippen molar-refractivity contribution in [1.29, 1.82) is 0 Å². The first-order chi connectivity index (χ1) is 8.73. The Morgan fingerprint density at radius 1 is 1.37 bits per heavy atom. The van der Waals surface area contributed by atoms with Crippen molar-refractivity contribution in [3.05, 3.63) is 0 Å². The van der Waals surface area contributed by atoms with Gasteiger partial charge >= 0.3 is 5.97 Å². The number of nitrogens with zero attached hydrogens (tertiary/aromatic N) is 1. The number of esters is 1. The third-order valence-electron chi connectivity index (χ3n) is 4.61. The Bertz CT molecular complexity index is 312. The van der Waals surface area contributed by atoms with Gasteiger partial charge in [-0.2, -0.15) is 0 Å². The predicted molar refractivity (Wildman–Crippen MR) is 78.1 cm³/mol. The first-order valence-electron chi connectivity index (χ1n) is 7.22. The Balaban J connectivity index is 2.48. The van der Waals surface area contributed by atoms with Crippen LogP contribution in [0.1, 0.15) is 40.5 Å². The molecule has 1 saturated heterocycles. The van der Waals surface area contributed by atoms with Crippen molar-refractivity contribution in [3.63, 3.8) is 0 Å². The Morgan fingerprint density at radius 3 is 2.42 bits per heavy atom. The summed E-state index contributed by atoms with van der Waals surface area (Å²) >= 11 is 0. The van der Waals surface area contributed by atoms with Gasteiger partial charge < -0.3 is 15.0 Å². The summed E-state index contributed by atoms with van der Waals surface area (Å²) in [5, 5.41) is 3.09. The first-order valence-corrected chi connectivity index (χ1v) is 7.22. The van der Waals surface area contributed by atoms with E-state index >= 15 is 0 Å². The van der Waals surface area contributed by atoms with Crippen LogP contribution >= 0.6 is 0 Å². The number of ether oxygens (including phenoxy) is 1. The third kappa shape index (κ3) is 4.18. The van der Waals surface area contributed by atoms with Gasteiger partial charge in [0.1, 0.15) is 5.54 Å². The largest absolute Gasteiger partial charge is 0.468 e. The molecule has 0 aromatic carbocycles. The molecule has 4 heteroatoms. The second-order valence-electron chi connectivity index (χ2n) is 6.98. The van der Waals surface area contributed by atoms with Gasteiger partial charge in [0, 0.05) is 13.1 Å². The predicted octanol–water partition coefficient (Wildman–Crippen LogP) is 1.90. The average Bonchev–Trinajstić information content (AvgIpc) is 2.83. The highest BCUT2D eigenvalue weighted by atomic mass is 16.5. The van der Waals surface area contributed by atoms with Crippen molar-refractivity contribution in [1.82, 2.24) is 10.2 Å². The van der Waals surface area contributed by atoms with Crippen LogP contribution in [-0.2, 0) is 9.53 Å². The van der Waals surface area contributed by atoms with E-state index in [1.807, 2.05) is 14.0 Å². The van der Waals surface area contributed by atoms with Crippen LogP contribution in [0.2, 0.25) is 0 Å². The number of carbonyl (C=O) groups is 1. The van der Waals surface area contributed by atoms with Crippen molar-refractivity contribution in [2.45, 2.75) is 46.1 Å². The van der Waals surface area contributed by atoms with Crippen molar-refractivity contribution in [2.75, 3.05) is 33.8 Å². The van der Waals surface area contributed by atoms with Gasteiger partial charge in [0.15, 0.2) is 0 Å². The molecular formula is C15H30N2O2. The summed E-state index contributed by atoms with van der Waals surface area (Å²) in [7, 11) is 3.27. The zero-order valence-corrected chi connectivity index (χ0v) is 13.4. The van der Waals surface area contributed by atoms with Crippen LogP contribution < -0.4 is 5.32 Å². The van der Waals surface area contributed by atoms with Crippen LogP contribution in [0.4, 0.5) is 0 Å². The first kappa shape index (κ1) is 16.4. The highest BCUT2D eigenvalue weighted by Gasteiger charge is 2.35. The second-order valence-corrected chi connectivity index (χ2v) is 6.98. The quantitative estimate of drug-likeness (QED) is 0.775. The average molecular weight is 270 g/mol. The van der Waals surface area contributed by atoms with Crippen molar-refractivity contribution >= 4 is 5.97 Å². The zero-order chi connectivity index (χ0) is 14.7. The molecule has 0 bridgehead atoms. The highest BCUT2D eigenvalue weighted by Crippen LogP contribution is 2.33. The van der Waals surface area contributed by atoms with Gasteiger partial charge in [0.25, 0.3) is 0 Å². The van der Waals surface area contributed by atoms with E-state index in [2.05, 4.69) is 31.0 Å². The maximum absolute atomic E-state index is 11.8. The normalized spacial score (nSPS) is 24.2. The Morgan fingerprint density at radius 2 is 2.00 bits per heavy atom. The Hall–Kier alpha value is -0.610. The SMILES string of the molecule is CNC(C)(CCN1CCC(C(C)(C)C)C1)C(=O)OC. The number of nitrogens with one attached hydrogen (secondary N) is 1. The van der Waals surface area contributed by atoms with E-state index in [1.165, 1.54) is 13.5 Å². The molecule has 0 radical (unpaired) electrons. The van der Waals surface area contributed by atoms with Crippen LogP contribution in [0.5, 0.6) is 0 Å². The molecule has 1 N–H and O–H groups in total. The molecule has 112 valence electrons. The topological polar surface area (TPSA) is 41.6 Å². The number of hydrogen-bond donors (Lipinski definition) is 1. The molecule has 0 amide bonds. The van der Waals surface area contributed by atoms with Crippen LogP contribution in [0.15, 0.2) is 0 Å². The summed E-state index contributed by atoms with van der Waals surface area (Å²) in [5.74, 6) is 0.577. The molecule has 1 heterocycles. The lowest BCUT2D eigenvalue weighted by Gasteiger charge is -2.30. The molecule has 0 saturated carbocycles. The van der Waals surface area contributed by atoms with Crippen molar-refractivity contribution < 1.29 is 9.53 Å². The van der Waals surface area contributed by atoms with E-state index in [9.17, 15) is 4.79 Å². The van der Waals surface area contributed by atoms with Crippen LogP contribution in [0.25, 0.3) is 0 Å². The molecule has 2 unspecified atom stereocenters. The van der Waals surface area contributed by atoms with E-state index in [4.69, 9.17) is 4.74 Å². The molecule has 0 aliphatic carbocycles. The van der Waals surface area contributed by atoms with Gasteiger partial charge in [0.2, 0.25) is 0 Å². The summed E-state index contributed by atoms with van der Waals surface area (Å²) in [6.07, 6.45) is 2.05. The van der Waals surface area contributed by atoms with Gasteiger partial charge in [-0.05, 0) is 44.7 Å². The molecule has 0 spiro atoms. The fourth-order valence-corrected chi connectivity index (χ4v) is 2.68. The van der Waals surface area contributed by atoms with Crippen LogP contribution in [0.3, 0.4) is 0 Å². The van der Waals surface area contributed by atoms with E-state index in [0.717, 1.165) is 32.0 Å². The molecule has 1 rings (SSSR count). The number of likely N-dealkylation sites (tertiary alicyclic amines) is 1. The number of likely N-dealkylation sites (N-methyl/N-ethyl adjacent to an activating group) is 1. The standard InChI is InChI=1S/C15H30N2O2/c1-14(2,3)12-7-9-17(11-12)10-8-15(4,16-5)13(18)19-6/h12,16H,7-11H2,1-6H3. The van der Waals surface area contributed by atoms with Crippen molar-refractivity contribution in [3.8, 4) is 0 Å². The molecule has 0 aromatic rings. The smallest absolute Gasteiger partial charge is 0.325 e. The summed E-state index contributed by atoms with van der Waals surface area (Å²) in [6, 6.07) is 0. The summed E-state index contributed by atoms with van der Waals surface area (Å²) in [6.45, 7) is 12.1. The lowest BCUT2D eigenvalue weighted by Crippen LogP contribution is -2.50. The molecule has 1 fully saturated rings. The number of rotatable bonds is 5. The minimum atomic E-state index is -0.575. The Labute approximate surface area is 117 Å². The Kier molecular flexibility index (Phi) is 5.39. The van der Waals surface area contributed by atoms with E-state index in [0.29, 0.717) is 5.41 Å². The lowest BCUT2D eigenvalue weighted by atomic mass is 9.80. The summed E-state index contributed by atoms with van der Waals surface area (Å²) in [5.41, 5.74) is -0.196. The maximum Gasteiger partial charge on any atom is 0.325 e. The second kappa shape index (κ2) is 6.23. The zero-order valence-electron chi connectivity index (χ0n) is 13.4. The molecule has 1 aliphatic heterocycles. The van der Waals surface area contributed by atoms with Crippen molar-refractivity contribution in [2.24, 2.45) is 11.3 Å². The number of carbonyl (C=O) groups excluding carboxylic acids is 1. The molecular weight excluding hydrogens is 240 g/mol. The van der Waals surface area contributed by atoms with Gasteiger partial charge in [-0.1, -0.05) is 20.8 Å². The number of methoxy groups -OCH3 is 1. The molecule has 1 aliphatic rings. The summed E-state index contributed by atoms with van der Waals surface area (Å²) in [4.78, 5) is 14.3. The van der Waals surface area contributed by atoms with Gasteiger partial charge in [-0.3, -0.25) is 4.79 Å². The monoisotopic (exact) mass is 270 g/mol. The molecule has 4 nitrogen and oxygen atoms in total. The molecule has 2 atom stereocenters. The van der Waals surface area contributed by atoms with Gasteiger partial charge in [-0.15, -0.1) is 0 Å². The van der Waals surface area contributed by atoms with E-state index < -0.39 is 5.54 Å². The van der Waals surface area contributed by atoms with Crippen LogP contribution in [-0.4, -0.2) is 50.2 Å². The fourth-order valence-electron chi connectivity index (χ4n) is 2.68.